The van der Waals surface area contributed by atoms with Gasteiger partial charge in [-0.1, -0.05) is 18.9 Å². The molecule has 11 heavy (non-hydrogen) atoms. The van der Waals surface area contributed by atoms with Gasteiger partial charge in [-0.05, 0) is 31.8 Å². The highest BCUT2D eigenvalue weighted by Crippen LogP contribution is 2.25. The molecule has 1 nitrogen and oxygen atoms in total. The standard InChI is InChI=1S/C10H16O/c1-3-4-9-5-8(2)6-10(11)7-9/h6,9H,3-5,7H2,1-2H3/t9-/m0/s1. The van der Waals surface area contributed by atoms with Gasteiger partial charge in [-0.2, -0.15) is 0 Å². The lowest BCUT2D eigenvalue weighted by Gasteiger charge is -2.18. The second-order valence-electron chi connectivity index (χ2n) is 3.52. The van der Waals surface area contributed by atoms with Crippen LogP contribution in [0.25, 0.3) is 0 Å². The minimum atomic E-state index is 0.326. The van der Waals surface area contributed by atoms with Crippen LogP contribution in [-0.2, 0) is 4.79 Å². The molecule has 0 aromatic heterocycles. The van der Waals surface area contributed by atoms with Crippen molar-refractivity contribution < 1.29 is 4.79 Å². The molecule has 0 bridgehead atoms. The first-order valence-electron chi connectivity index (χ1n) is 4.42. The Morgan fingerprint density at radius 3 is 2.82 bits per heavy atom. The minimum Gasteiger partial charge on any atom is -0.295 e. The average molecular weight is 152 g/mol. The first-order chi connectivity index (χ1) is 5.22. The monoisotopic (exact) mass is 152 g/mol. The van der Waals surface area contributed by atoms with Crippen molar-refractivity contribution in [3.05, 3.63) is 11.6 Å². The molecule has 0 amide bonds. The van der Waals surface area contributed by atoms with E-state index in [-0.39, 0.29) is 0 Å². The molecule has 0 fully saturated rings. The van der Waals surface area contributed by atoms with Crippen LogP contribution in [-0.4, -0.2) is 5.78 Å². The summed E-state index contributed by atoms with van der Waals surface area (Å²) >= 11 is 0. The minimum absolute atomic E-state index is 0.326. The maximum Gasteiger partial charge on any atom is 0.155 e. The largest absolute Gasteiger partial charge is 0.295 e. The maximum absolute atomic E-state index is 11.1. The van der Waals surface area contributed by atoms with Crippen molar-refractivity contribution in [1.82, 2.24) is 0 Å². The molecular weight excluding hydrogens is 136 g/mol. The van der Waals surface area contributed by atoms with E-state index in [1.54, 1.807) is 6.08 Å². The van der Waals surface area contributed by atoms with Crippen LogP contribution in [0, 0.1) is 5.92 Å². The Labute approximate surface area is 68.5 Å². The van der Waals surface area contributed by atoms with Gasteiger partial charge in [0.2, 0.25) is 0 Å². The van der Waals surface area contributed by atoms with Gasteiger partial charge in [0.1, 0.15) is 0 Å². The Kier molecular flexibility index (Phi) is 2.86. The molecule has 1 aliphatic carbocycles. The molecule has 0 aromatic rings. The van der Waals surface area contributed by atoms with Crippen LogP contribution in [0.4, 0.5) is 0 Å². The second kappa shape index (κ2) is 3.70. The van der Waals surface area contributed by atoms with Gasteiger partial charge in [0.05, 0.1) is 0 Å². The van der Waals surface area contributed by atoms with E-state index < -0.39 is 0 Å². The van der Waals surface area contributed by atoms with Crippen LogP contribution in [0.2, 0.25) is 0 Å². The molecule has 1 heteroatoms. The highest BCUT2D eigenvalue weighted by molar-refractivity contribution is 5.91. The van der Waals surface area contributed by atoms with E-state index in [9.17, 15) is 4.79 Å². The van der Waals surface area contributed by atoms with Crippen molar-refractivity contribution in [2.24, 2.45) is 5.92 Å². The summed E-state index contributed by atoms with van der Waals surface area (Å²) in [4.78, 5) is 11.1. The molecule has 0 radical (unpaired) electrons. The van der Waals surface area contributed by atoms with E-state index in [0.717, 1.165) is 12.8 Å². The molecule has 0 heterocycles. The summed E-state index contributed by atoms with van der Waals surface area (Å²) in [5.74, 6) is 0.963. The fourth-order valence-electron chi connectivity index (χ4n) is 1.82. The summed E-state index contributed by atoms with van der Waals surface area (Å²) in [5.41, 5.74) is 1.26. The highest BCUT2D eigenvalue weighted by Gasteiger charge is 2.17. The van der Waals surface area contributed by atoms with Crippen molar-refractivity contribution in [2.45, 2.75) is 39.5 Å². The molecule has 0 unspecified atom stereocenters. The van der Waals surface area contributed by atoms with Gasteiger partial charge < -0.3 is 0 Å². The summed E-state index contributed by atoms with van der Waals surface area (Å²) in [5, 5.41) is 0. The lowest BCUT2D eigenvalue weighted by atomic mass is 9.86. The predicted octanol–water partition coefficient (Wildman–Crippen LogP) is 2.71. The van der Waals surface area contributed by atoms with E-state index in [4.69, 9.17) is 0 Å². The third-order valence-electron chi connectivity index (χ3n) is 2.20. The van der Waals surface area contributed by atoms with E-state index in [2.05, 4.69) is 13.8 Å². The Hall–Kier alpha value is -0.590. The van der Waals surface area contributed by atoms with Crippen molar-refractivity contribution >= 4 is 5.78 Å². The third kappa shape index (κ3) is 2.49. The molecule has 62 valence electrons. The third-order valence-corrected chi connectivity index (χ3v) is 2.20. The van der Waals surface area contributed by atoms with Crippen molar-refractivity contribution in [3.8, 4) is 0 Å². The van der Waals surface area contributed by atoms with E-state index in [1.807, 2.05) is 0 Å². The van der Waals surface area contributed by atoms with Crippen molar-refractivity contribution in [3.63, 3.8) is 0 Å². The van der Waals surface area contributed by atoms with Crippen molar-refractivity contribution in [2.75, 3.05) is 0 Å². The Bertz CT molecular complexity index is 179. The maximum atomic E-state index is 11.1. The summed E-state index contributed by atoms with van der Waals surface area (Å²) in [6, 6.07) is 0. The van der Waals surface area contributed by atoms with Crippen molar-refractivity contribution in [1.29, 1.82) is 0 Å². The van der Waals surface area contributed by atoms with Gasteiger partial charge in [-0.3, -0.25) is 4.79 Å². The van der Waals surface area contributed by atoms with Crippen LogP contribution in [0.3, 0.4) is 0 Å². The Morgan fingerprint density at radius 1 is 1.55 bits per heavy atom. The first kappa shape index (κ1) is 8.51. The number of hydrogen-bond donors (Lipinski definition) is 0. The number of rotatable bonds is 2. The molecule has 1 aliphatic rings. The normalized spacial score (nSPS) is 25.1. The Balaban J connectivity index is 2.50. The van der Waals surface area contributed by atoms with Crippen LogP contribution >= 0.6 is 0 Å². The smallest absolute Gasteiger partial charge is 0.155 e. The molecule has 0 saturated carbocycles. The van der Waals surface area contributed by atoms with Gasteiger partial charge in [-0.15, -0.1) is 0 Å². The number of carbonyl (C=O) groups is 1. The first-order valence-corrected chi connectivity index (χ1v) is 4.42. The van der Waals surface area contributed by atoms with Crippen LogP contribution < -0.4 is 0 Å². The Morgan fingerprint density at radius 2 is 2.27 bits per heavy atom. The molecule has 0 N–H and O–H groups in total. The van der Waals surface area contributed by atoms with Gasteiger partial charge in [0.25, 0.3) is 0 Å². The molecule has 0 aromatic carbocycles. The predicted molar refractivity (Wildman–Crippen MR) is 46.4 cm³/mol. The molecule has 1 rings (SSSR count). The molecular formula is C10H16O. The van der Waals surface area contributed by atoms with Gasteiger partial charge in [0, 0.05) is 6.42 Å². The molecule has 0 saturated heterocycles. The van der Waals surface area contributed by atoms with E-state index in [1.165, 1.54) is 18.4 Å². The number of allylic oxidation sites excluding steroid dienone is 2. The zero-order valence-corrected chi connectivity index (χ0v) is 7.39. The molecule has 0 spiro atoms. The molecule has 1 atom stereocenters. The second-order valence-corrected chi connectivity index (χ2v) is 3.52. The summed E-state index contributed by atoms with van der Waals surface area (Å²) < 4.78 is 0. The quantitative estimate of drug-likeness (QED) is 0.594. The zero-order valence-electron chi connectivity index (χ0n) is 7.39. The van der Waals surface area contributed by atoms with Gasteiger partial charge >= 0.3 is 0 Å². The zero-order chi connectivity index (χ0) is 8.27. The lowest BCUT2D eigenvalue weighted by molar-refractivity contribution is -0.116. The average Bonchev–Trinajstić information content (AvgIpc) is 1.85. The molecule has 0 aliphatic heterocycles. The highest BCUT2D eigenvalue weighted by atomic mass is 16.1. The lowest BCUT2D eigenvalue weighted by Crippen LogP contribution is -2.12. The SMILES string of the molecule is CCC[C@@H]1CC(=O)C=C(C)C1. The fraction of sp³-hybridized carbons (Fsp3) is 0.700. The topological polar surface area (TPSA) is 17.1 Å². The summed E-state index contributed by atoms with van der Waals surface area (Å²) in [6.45, 7) is 4.23. The number of hydrogen-bond acceptors (Lipinski definition) is 1. The van der Waals surface area contributed by atoms with Gasteiger partial charge in [0.15, 0.2) is 5.78 Å². The van der Waals surface area contributed by atoms with Crippen LogP contribution in [0.15, 0.2) is 11.6 Å². The van der Waals surface area contributed by atoms with Crippen LogP contribution in [0.5, 0.6) is 0 Å². The van der Waals surface area contributed by atoms with Crippen LogP contribution in [0.1, 0.15) is 39.5 Å². The number of carbonyl (C=O) groups excluding carboxylic acids is 1. The summed E-state index contributed by atoms with van der Waals surface area (Å²) in [6.07, 6.45) is 6.12. The van der Waals surface area contributed by atoms with E-state index in [0.29, 0.717) is 11.7 Å². The van der Waals surface area contributed by atoms with Gasteiger partial charge in [-0.25, -0.2) is 0 Å². The fourth-order valence-corrected chi connectivity index (χ4v) is 1.82. The number of ketones is 1. The van der Waals surface area contributed by atoms with E-state index >= 15 is 0 Å². The summed E-state index contributed by atoms with van der Waals surface area (Å²) in [7, 11) is 0.